The van der Waals surface area contributed by atoms with Crippen LogP contribution in [0.25, 0.3) is 0 Å². The lowest BCUT2D eigenvalue weighted by Crippen LogP contribution is -2.29. The lowest BCUT2D eigenvalue weighted by Gasteiger charge is -2.27. The van der Waals surface area contributed by atoms with E-state index in [0.29, 0.717) is 12.8 Å². The van der Waals surface area contributed by atoms with Crippen LogP contribution >= 0.6 is 0 Å². The van der Waals surface area contributed by atoms with Crippen molar-refractivity contribution in [2.24, 2.45) is 5.41 Å². The number of aliphatic hydroxyl groups is 2. The van der Waals surface area contributed by atoms with Crippen molar-refractivity contribution < 1.29 is 10.2 Å². The van der Waals surface area contributed by atoms with Crippen molar-refractivity contribution in [2.45, 2.75) is 52.7 Å². The minimum absolute atomic E-state index is 0.115. The van der Waals surface area contributed by atoms with Crippen molar-refractivity contribution in [3.8, 4) is 0 Å². The Kier molecular flexibility index (Phi) is 4.04. The molecule has 0 bridgehead atoms. The van der Waals surface area contributed by atoms with E-state index in [-0.39, 0.29) is 11.5 Å². The molecule has 0 fully saturated rings. The SMILES string of the molecule is CCC(O)CC(O)C(C)(C)C. The van der Waals surface area contributed by atoms with Crippen LogP contribution in [0.2, 0.25) is 0 Å². The Balaban J connectivity index is 3.77. The van der Waals surface area contributed by atoms with E-state index >= 15 is 0 Å². The first-order valence-electron chi connectivity index (χ1n) is 4.24. The van der Waals surface area contributed by atoms with Gasteiger partial charge >= 0.3 is 0 Å². The van der Waals surface area contributed by atoms with Gasteiger partial charge in [0.15, 0.2) is 0 Å². The summed E-state index contributed by atoms with van der Waals surface area (Å²) >= 11 is 0. The first-order valence-corrected chi connectivity index (χ1v) is 4.24. The van der Waals surface area contributed by atoms with E-state index in [1.54, 1.807) is 0 Å². The zero-order valence-corrected chi connectivity index (χ0v) is 7.96. The molecule has 2 heteroatoms. The number of rotatable bonds is 3. The molecule has 0 amide bonds. The molecule has 0 spiro atoms. The van der Waals surface area contributed by atoms with Crippen LogP contribution in [-0.4, -0.2) is 22.4 Å². The maximum absolute atomic E-state index is 9.53. The Bertz CT molecular complexity index is 105. The van der Waals surface area contributed by atoms with Gasteiger partial charge in [0.1, 0.15) is 0 Å². The Labute approximate surface area is 69.2 Å². The van der Waals surface area contributed by atoms with Gasteiger partial charge in [0.2, 0.25) is 0 Å². The molecular formula is C9H20O2. The van der Waals surface area contributed by atoms with Gasteiger partial charge in [-0.1, -0.05) is 27.7 Å². The van der Waals surface area contributed by atoms with E-state index in [2.05, 4.69) is 0 Å². The second kappa shape index (κ2) is 4.07. The van der Waals surface area contributed by atoms with Gasteiger partial charge in [0, 0.05) is 0 Å². The highest BCUT2D eigenvalue weighted by Gasteiger charge is 2.23. The van der Waals surface area contributed by atoms with Gasteiger partial charge in [-0.3, -0.25) is 0 Å². The Morgan fingerprint density at radius 3 is 1.91 bits per heavy atom. The summed E-state index contributed by atoms with van der Waals surface area (Å²) in [5.41, 5.74) is -0.115. The summed E-state index contributed by atoms with van der Waals surface area (Å²) < 4.78 is 0. The highest BCUT2D eigenvalue weighted by molar-refractivity contribution is 4.74. The van der Waals surface area contributed by atoms with Crippen LogP contribution < -0.4 is 0 Å². The Morgan fingerprint density at radius 2 is 1.64 bits per heavy atom. The smallest absolute Gasteiger partial charge is 0.0613 e. The van der Waals surface area contributed by atoms with Gasteiger partial charge in [-0.2, -0.15) is 0 Å². The predicted octanol–water partition coefficient (Wildman–Crippen LogP) is 1.55. The molecule has 0 rings (SSSR count). The second-order valence-electron chi connectivity index (χ2n) is 4.18. The van der Waals surface area contributed by atoms with Gasteiger partial charge in [0.25, 0.3) is 0 Å². The van der Waals surface area contributed by atoms with Crippen LogP contribution in [-0.2, 0) is 0 Å². The molecule has 11 heavy (non-hydrogen) atoms. The molecule has 0 aromatic rings. The van der Waals surface area contributed by atoms with E-state index in [1.807, 2.05) is 27.7 Å². The zero-order valence-electron chi connectivity index (χ0n) is 7.96. The van der Waals surface area contributed by atoms with Crippen LogP contribution in [0, 0.1) is 5.41 Å². The molecule has 0 aromatic heterocycles. The summed E-state index contributed by atoms with van der Waals surface area (Å²) in [6.07, 6.45) is 0.439. The quantitative estimate of drug-likeness (QED) is 0.657. The van der Waals surface area contributed by atoms with E-state index in [0.717, 1.165) is 0 Å². The topological polar surface area (TPSA) is 40.5 Å². The van der Waals surface area contributed by atoms with Crippen molar-refractivity contribution >= 4 is 0 Å². The maximum Gasteiger partial charge on any atom is 0.0613 e. The van der Waals surface area contributed by atoms with Gasteiger partial charge in [0.05, 0.1) is 12.2 Å². The van der Waals surface area contributed by atoms with Crippen molar-refractivity contribution in [3.05, 3.63) is 0 Å². The standard InChI is InChI=1S/C9H20O2/c1-5-7(10)6-8(11)9(2,3)4/h7-8,10-11H,5-6H2,1-4H3. The molecule has 2 unspecified atom stereocenters. The third kappa shape index (κ3) is 4.38. The highest BCUT2D eigenvalue weighted by atomic mass is 16.3. The summed E-state index contributed by atoms with van der Waals surface area (Å²) in [6, 6.07) is 0. The monoisotopic (exact) mass is 160 g/mol. The molecule has 2 atom stereocenters. The minimum atomic E-state index is -0.405. The number of hydrogen-bond donors (Lipinski definition) is 2. The molecule has 0 aromatic carbocycles. The van der Waals surface area contributed by atoms with E-state index in [9.17, 15) is 10.2 Å². The largest absolute Gasteiger partial charge is 0.393 e. The number of hydrogen-bond acceptors (Lipinski definition) is 2. The van der Waals surface area contributed by atoms with Crippen LogP contribution in [0.5, 0.6) is 0 Å². The van der Waals surface area contributed by atoms with Crippen LogP contribution in [0.1, 0.15) is 40.5 Å². The van der Waals surface area contributed by atoms with Crippen LogP contribution in [0.4, 0.5) is 0 Å². The van der Waals surface area contributed by atoms with Crippen LogP contribution in [0.15, 0.2) is 0 Å². The highest BCUT2D eigenvalue weighted by Crippen LogP contribution is 2.23. The molecule has 0 aliphatic heterocycles. The van der Waals surface area contributed by atoms with Crippen molar-refractivity contribution in [1.82, 2.24) is 0 Å². The minimum Gasteiger partial charge on any atom is -0.393 e. The van der Waals surface area contributed by atoms with Crippen molar-refractivity contribution in [2.75, 3.05) is 0 Å². The Morgan fingerprint density at radius 1 is 1.18 bits per heavy atom. The molecule has 0 aliphatic carbocycles. The fourth-order valence-electron chi connectivity index (χ4n) is 0.778. The predicted molar refractivity (Wildman–Crippen MR) is 46.4 cm³/mol. The fourth-order valence-corrected chi connectivity index (χ4v) is 0.778. The third-order valence-electron chi connectivity index (χ3n) is 1.97. The maximum atomic E-state index is 9.53. The van der Waals surface area contributed by atoms with Gasteiger partial charge in [-0.05, 0) is 18.3 Å². The summed E-state index contributed by atoms with van der Waals surface area (Å²) in [5.74, 6) is 0. The van der Waals surface area contributed by atoms with Gasteiger partial charge < -0.3 is 10.2 Å². The average Bonchev–Trinajstić information content (AvgIpc) is 1.85. The molecule has 68 valence electrons. The van der Waals surface area contributed by atoms with E-state index in [1.165, 1.54) is 0 Å². The summed E-state index contributed by atoms with van der Waals surface area (Å²) in [5, 5.41) is 18.8. The molecule has 0 aliphatic rings. The Hall–Kier alpha value is -0.0800. The molecule has 0 saturated carbocycles. The first-order chi connectivity index (χ1) is 4.88. The first kappa shape index (κ1) is 10.9. The lowest BCUT2D eigenvalue weighted by molar-refractivity contribution is 0.0127. The molecular weight excluding hydrogens is 140 g/mol. The molecule has 0 saturated heterocycles. The molecule has 2 nitrogen and oxygen atoms in total. The number of aliphatic hydroxyl groups excluding tert-OH is 2. The molecule has 2 N–H and O–H groups in total. The normalized spacial score (nSPS) is 18.0. The van der Waals surface area contributed by atoms with Gasteiger partial charge in [-0.15, -0.1) is 0 Å². The molecule has 0 radical (unpaired) electrons. The van der Waals surface area contributed by atoms with E-state index < -0.39 is 6.10 Å². The second-order valence-corrected chi connectivity index (χ2v) is 4.18. The fraction of sp³-hybridized carbons (Fsp3) is 1.00. The third-order valence-corrected chi connectivity index (χ3v) is 1.97. The summed E-state index contributed by atoms with van der Waals surface area (Å²) in [4.78, 5) is 0. The summed E-state index contributed by atoms with van der Waals surface area (Å²) in [7, 11) is 0. The zero-order chi connectivity index (χ0) is 9.07. The van der Waals surface area contributed by atoms with Crippen molar-refractivity contribution in [1.29, 1.82) is 0 Å². The van der Waals surface area contributed by atoms with Crippen LogP contribution in [0.3, 0.4) is 0 Å². The van der Waals surface area contributed by atoms with E-state index in [4.69, 9.17) is 0 Å². The van der Waals surface area contributed by atoms with Crippen molar-refractivity contribution in [3.63, 3.8) is 0 Å². The average molecular weight is 160 g/mol. The lowest BCUT2D eigenvalue weighted by atomic mass is 9.85. The molecule has 0 heterocycles. The summed E-state index contributed by atoms with van der Waals surface area (Å²) in [6.45, 7) is 7.83. The van der Waals surface area contributed by atoms with Gasteiger partial charge in [-0.25, -0.2) is 0 Å².